The van der Waals surface area contributed by atoms with E-state index in [1.807, 2.05) is 0 Å². The topological polar surface area (TPSA) is 127 Å². The Morgan fingerprint density at radius 2 is 1.82 bits per heavy atom. The van der Waals surface area contributed by atoms with Crippen LogP contribution in [0, 0.1) is 15.9 Å². The lowest BCUT2D eigenvalue weighted by molar-refractivity contribution is -0.385. The molecule has 0 saturated heterocycles. The zero-order valence-corrected chi connectivity index (χ0v) is 18.5. The number of hydrogen-bond acceptors (Lipinski definition) is 6. The predicted octanol–water partition coefficient (Wildman–Crippen LogP) is 4.97. The van der Waals surface area contributed by atoms with Gasteiger partial charge in [0, 0.05) is 30.0 Å². The number of rotatable bonds is 6. The summed E-state index contributed by atoms with van der Waals surface area (Å²) < 4.78 is 15.7. The number of ketones is 1. The second-order valence-corrected chi connectivity index (χ2v) is 7.91. The summed E-state index contributed by atoms with van der Waals surface area (Å²) in [6, 6.07) is 7.69. The minimum absolute atomic E-state index is 0.00903. The molecule has 0 bridgehead atoms. The number of nitro groups is 1. The largest absolute Gasteiger partial charge is 0.506 e. The van der Waals surface area contributed by atoms with Crippen LogP contribution >= 0.6 is 23.2 Å². The molecule has 2 heterocycles. The van der Waals surface area contributed by atoms with E-state index >= 15 is 0 Å². The molecule has 1 amide bonds. The van der Waals surface area contributed by atoms with Crippen molar-refractivity contribution in [1.82, 2.24) is 9.55 Å². The molecule has 172 valence electrons. The van der Waals surface area contributed by atoms with Gasteiger partial charge in [-0.15, -0.1) is 0 Å². The lowest BCUT2D eigenvalue weighted by Crippen LogP contribution is -2.23. The SMILES string of the molecule is O=C(Nc1c(Cl)cncc1Cl)C(=O)c1cn(Cc2c(F)cccc2[N+](=O)[O-])c2c(O)cccc12. The number of aromatic hydroxyl groups is 1. The Kier molecular flexibility index (Phi) is 6.18. The summed E-state index contributed by atoms with van der Waals surface area (Å²) in [7, 11) is 0. The van der Waals surface area contributed by atoms with E-state index < -0.39 is 28.1 Å². The van der Waals surface area contributed by atoms with Crippen LogP contribution in [-0.2, 0) is 11.3 Å². The Balaban J connectivity index is 1.78. The van der Waals surface area contributed by atoms with Gasteiger partial charge in [-0.1, -0.05) is 41.4 Å². The number of fused-ring (bicyclic) bond motifs is 1. The van der Waals surface area contributed by atoms with E-state index in [1.165, 1.54) is 47.4 Å². The van der Waals surface area contributed by atoms with Crippen LogP contribution in [0.4, 0.5) is 15.8 Å². The molecule has 0 aliphatic heterocycles. The van der Waals surface area contributed by atoms with Crippen molar-refractivity contribution in [2.24, 2.45) is 0 Å². The first-order valence-electron chi connectivity index (χ1n) is 9.56. The van der Waals surface area contributed by atoms with Crippen LogP contribution in [-0.4, -0.2) is 31.3 Å². The molecular formula is C22H13Cl2FN4O5. The molecule has 0 aliphatic carbocycles. The van der Waals surface area contributed by atoms with Crippen molar-refractivity contribution < 1.29 is 24.0 Å². The first-order chi connectivity index (χ1) is 16.2. The third-order valence-corrected chi connectivity index (χ3v) is 5.61. The minimum Gasteiger partial charge on any atom is -0.506 e. The highest BCUT2D eigenvalue weighted by molar-refractivity contribution is 6.50. The number of pyridine rings is 1. The Morgan fingerprint density at radius 3 is 2.50 bits per heavy atom. The van der Waals surface area contributed by atoms with Crippen LogP contribution in [0.25, 0.3) is 10.9 Å². The molecule has 12 heteroatoms. The van der Waals surface area contributed by atoms with E-state index in [0.29, 0.717) is 0 Å². The molecule has 0 unspecified atom stereocenters. The highest BCUT2D eigenvalue weighted by Crippen LogP contribution is 2.33. The van der Waals surface area contributed by atoms with Gasteiger partial charge in [0.1, 0.15) is 11.6 Å². The first kappa shape index (κ1) is 23.1. The van der Waals surface area contributed by atoms with Gasteiger partial charge in [-0.05, 0) is 12.1 Å². The number of nitrogens with one attached hydrogen (secondary N) is 1. The second kappa shape index (κ2) is 9.08. The third-order valence-electron chi connectivity index (χ3n) is 5.04. The number of nitrogens with zero attached hydrogens (tertiary/aromatic N) is 3. The Hall–Kier alpha value is -4.02. The summed E-state index contributed by atoms with van der Waals surface area (Å²) in [4.78, 5) is 40.1. The molecule has 0 spiro atoms. The zero-order chi connectivity index (χ0) is 24.6. The fourth-order valence-electron chi connectivity index (χ4n) is 3.51. The Bertz CT molecular complexity index is 1470. The molecule has 0 saturated carbocycles. The molecule has 0 atom stereocenters. The molecule has 4 rings (SSSR count). The van der Waals surface area contributed by atoms with Gasteiger partial charge in [0.05, 0.1) is 43.8 Å². The lowest BCUT2D eigenvalue weighted by atomic mass is 10.1. The minimum atomic E-state index is -1.07. The third kappa shape index (κ3) is 4.16. The second-order valence-electron chi connectivity index (χ2n) is 7.10. The van der Waals surface area contributed by atoms with E-state index in [-0.39, 0.29) is 50.1 Å². The van der Waals surface area contributed by atoms with E-state index in [9.17, 15) is 29.2 Å². The maximum absolute atomic E-state index is 14.5. The van der Waals surface area contributed by atoms with Crippen molar-refractivity contribution in [1.29, 1.82) is 0 Å². The number of amides is 1. The highest BCUT2D eigenvalue weighted by Gasteiger charge is 2.26. The Morgan fingerprint density at radius 1 is 1.15 bits per heavy atom. The summed E-state index contributed by atoms with van der Waals surface area (Å²) in [6.07, 6.45) is 3.69. The molecule has 0 fully saturated rings. The van der Waals surface area contributed by atoms with E-state index in [1.54, 1.807) is 0 Å². The van der Waals surface area contributed by atoms with E-state index in [0.717, 1.165) is 12.1 Å². The maximum Gasteiger partial charge on any atom is 0.296 e. The standard InChI is InChI=1S/C22H13Cl2FN4O5/c23-14-7-26-8-15(24)19(14)27-22(32)21(31)12-9-28(20-11(12)3-1-6-18(20)30)10-13-16(25)4-2-5-17(13)29(33)34/h1-9,30H,10H2,(H,26,27,32). The molecule has 34 heavy (non-hydrogen) atoms. The average molecular weight is 503 g/mol. The number of benzene rings is 2. The van der Waals surface area contributed by atoms with Crippen LogP contribution in [0.1, 0.15) is 15.9 Å². The van der Waals surface area contributed by atoms with Gasteiger partial charge in [0.25, 0.3) is 17.4 Å². The molecule has 2 aromatic heterocycles. The van der Waals surface area contributed by atoms with Crippen molar-refractivity contribution in [2.45, 2.75) is 6.54 Å². The van der Waals surface area contributed by atoms with Gasteiger partial charge < -0.3 is 15.0 Å². The fraction of sp³-hybridized carbons (Fsp3) is 0.0455. The molecule has 9 nitrogen and oxygen atoms in total. The molecule has 2 aromatic carbocycles. The molecular weight excluding hydrogens is 490 g/mol. The van der Waals surface area contributed by atoms with Crippen LogP contribution < -0.4 is 5.32 Å². The number of hydrogen-bond donors (Lipinski definition) is 2. The van der Waals surface area contributed by atoms with Crippen LogP contribution in [0.2, 0.25) is 10.0 Å². The number of anilines is 1. The molecule has 0 aliphatic rings. The maximum atomic E-state index is 14.5. The first-order valence-corrected chi connectivity index (χ1v) is 10.3. The van der Waals surface area contributed by atoms with Crippen molar-refractivity contribution >= 4 is 57.2 Å². The number of halogens is 3. The van der Waals surface area contributed by atoms with Gasteiger partial charge in [0.2, 0.25) is 0 Å². The van der Waals surface area contributed by atoms with Crippen molar-refractivity contribution in [2.75, 3.05) is 5.32 Å². The normalized spacial score (nSPS) is 10.9. The quantitative estimate of drug-likeness (QED) is 0.166. The van der Waals surface area contributed by atoms with Crippen LogP contribution in [0.15, 0.2) is 55.0 Å². The predicted molar refractivity (Wildman–Crippen MR) is 123 cm³/mol. The average Bonchev–Trinajstić information content (AvgIpc) is 3.16. The Labute approximate surface area is 200 Å². The summed E-state index contributed by atoms with van der Waals surface area (Å²) >= 11 is 12.0. The fourth-order valence-corrected chi connectivity index (χ4v) is 3.97. The molecule has 4 aromatic rings. The summed E-state index contributed by atoms with van der Waals surface area (Å²) in [6.45, 7) is -0.381. The monoisotopic (exact) mass is 502 g/mol. The van der Waals surface area contributed by atoms with Crippen molar-refractivity contribution in [3.05, 3.63) is 92.1 Å². The molecule has 2 N–H and O–H groups in total. The van der Waals surface area contributed by atoms with Gasteiger partial charge in [-0.25, -0.2) is 4.39 Å². The number of phenols is 1. The number of carbonyl (C=O) groups excluding carboxylic acids is 2. The van der Waals surface area contributed by atoms with Gasteiger partial charge in [0.15, 0.2) is 0 Å². The summed E-state index contributed by atoms with van der Waals surface area (Å²) in [5.74, 6) is -3.18. The highest BCUT2D eigenvalue weighted by atomic mass is 35.5. The number of phenolic OH excluding ortho intramolecular Hbond substituents is 1. The number of Topliss-reactive ketones (excluding diaryl/α,β-unsaturated/α-hetero) is 1. The zero-order valence-electron chi connectivity index (χ0n) is 17.0. The van der Waals surface area contributed by atoms with Gasteiger partial charge in [-0.3, -0.25) is 24.7 Å². The van der Waals surface area contributed by atoms with Crippen LogP contribution in [0.3, 0.4) is 0 Å². The molecule has 0 radical (unpaired) electrons. The van der Waals surface area contributed by atoms with E-state index in [2.05, 4.69) is 10.3 Å². The summed E-state index contributed by atoms with van der Waals surface area (Å²) in [5, 5.41) is 24.3. The van der Waals surface area contributed by atoms with Crippen LogP contribution in [0.5, 0.6) is 5.75 Å². The summed E-state index contributed by atoms with van der Waals surface area (Å²) in [5.41, 5.74) is -0.763. The van der Waals surface area contributed by atoms with Crippen molar-refractivity contribution in [3.63, 3.8) is 0 Å². The number of para-hydroxylation sites is 1. The van der Waals surface area contributed by atoms with Gasteiger partial charge in [-0.2, -0.15) is 0 Å². The smallest absolute Gasteiger partial charge is 0.296 e. The number of aromatic nitrogens is 2. The lowest BCUT2D eigenvalue weighted by Gasteiger charge is -2.08. The van der Waals surface area contributed by atoms with Crippen molar-refractivity contribution in [3.8, 4) is 5.75 Å². The van der Waals surface area contributed by atoms with Gasteiger partial charge >= 0.3 is 0 Å². The number of carbonyl (C=O) groups is 2. The number of nitro benzene ring substituents is 1. The van der Waals surface area contributed by atoms with E-state index in [4.69, 9.17) is 23.2 Å².